The van der Waals surface area contributed by atoms with E-state index in [1.807, 2.05) is 0 Å². The molecule has 0 saturated heterocycles. The van der Waals surface area contributed by atoms with Gasteiger partial charge < -0.3 is 14.8 Å². The number of anilines is 1. The molecule has 0 atom stereocenters. The van der Waals surface area contributed by atoms with Crippen LogP contribution in [0.15, 0.2) is 48.5 Å². The summed E-state index contributed by atoms with van der Waals surface area (Å²) in [6.45, 7) is -0.358. The molecule has 0 radical (unpaired) electrons. The summed E-state index contributed by atoms with van der Waals surface area (Å²) in [6.07, 6.45) is 0. The molecule has 0 unspecified atom stereocenters. The molecular weight excluding hydrogens is 375 g/mol. The van der Waals surface area contributed by atoms with Gasteiger partial charge in [-0.25, -0.2) is 14.2 Å². The number of methoxy groups -OCH3 is 1. The van der Waals surface area contributed by atoms with Gasteiger partial charge in [0.05, 0.1) is 12.6 Å². The topological polar surface area (TPSA) is 77.5 Å². The summed E-state index contributed by atoms with van der Waals surface area (Å²) in [5.41, 5.74) is 0.803. The van der Waals surface area contributed by atoms with E-state index in [9.17, 15) is 14.0 Å². The van der Waals surface area contributed by atoms with Crippen LogP contribution < -0.4 is 10.1 Å². The lowest BCUT2D eigenvalue weighted by Gasteiger charge is -2.11. The SMILES string of the molecule is COC(=O)c1cc(OCC(=O)Nc2cccc(F)c2)c2cc(Cl)ccc2n1. The molecule has 1 heterocycles. The molecule has 2 aromatic carbocycles. The van der Waals surface area contributed by atoms with E-state index >= 15 is 0 Å². The van der Waals surface area contributed by atoms with Gasteiger partial charge in [0.15, 0.2) is 12.3 Å². The van der Waals surface area contributed by atoms with Crippen molar-refractivity contribution in [1.29, 1.82) is 0 Å². The highest BCUT2D eigenvalue weighted by Crippen LogP contribution is 2.28. The second-order valence-corrected chi connectivity index (χ2v) is 5.94. The number of hydrogen-bond acceptors (Lipinski definition) is 5. The van der Waals surface area contributed by atoms with E-state index in [-0.39, 0.29) is 18.1 Å². The Labute approximate surface area is 158 Å². The van der Waals surface area contributed by atoms with Gasteiger partial charge in [0, 0.05) is 22.2 Å². The molecule has 0 fully saturated rings. The number of carbonyl (C=O) groups is 2. The highest BCUT2D eigenvalue weighted by atomic mass is 35.5. The molecule has 27 heavy (non-hydrogen) atoms. The maximum Gasteiger partial charge on any atom is 0.356 e. The summed E-state index contributed by atoms with van der Waals surface area (Å²) in [4.78, 5) is 28.1. The van der Waals surface area contributed by atoms with Gasteiger partial charge in [0.25, 0.3) is 5.91 Å². The maximum absolute atomic E-state index is 13.2. The van der Waals surface area contributed by atoms with E-state index in [1.165, 1.54) is 31.4 Å². The van der Waals surface area contributed by atoms with Gasteiger partial charge in [-0.1, -0.05) is 17.7 Å². The fraction of sp³-hybridized carbons (Fsp3) is 0.105. The van der Waals surface area contributed by atoms with Crippen LogP contribution in [0.5, 0.6) is 5.75 Å². The lowest BCUT2D eigenvalue weighted by molar-refractivity contribution is -0.118. The fourth-order valence-electron chi connectivity index (χ4n) is 2.40. The van der Waals surface area contributed by atoms with Crippen molar-refractivity contribution < 1.29 is 23.5 Å². The van der Waals surface area contributed by atoms with Gasteiger partial charge in [-0.15, -0.1) is 0 Å². The van der Waals surface area contributed by atoms with Crippen LogP contribution in [-0.2, 0) is 9.53 Å². The predicted octanol–water partition coefficient (Wildman–Crippen LogP) is 3.83. The molecule has 1 N–H and O–H groups in total. The average Bonchev–Trinajstić information content (AvgIpc) is 2.65. The third kappa shape index (κ3) is 4.51. The second-order valence-electron chi connectivity index (χ2n) is 5.51. The van der Waals surface area contributed by atoms with Crippen LogP contribution in [0.4, 0.5) is 10.1 Å². The highest BCUT2D eigenvalue weighted by Gasteiger charge is 2.15. The third-order valence-electron chi connectivity index (χ3n) is 3.59. The molecule has 138 valence electrons. The number of nitrogens with one attached hydrogen (secondary N) is 1. The van der Waals surface area contributed by atoms with Crippen molar-refractivity contribution in [3.05, 3.63) is 65.1 Å². The molecule has 6 nitrogen and oxygen atoms in total. The van der Waals surface area contributed by atoms with Crippen LogP contribution in [0.25, 0.3) is 10.9 Å². The first-order valence-corrected chi connectivity index (χ1v) is 8.21. The summed E-state index contributed by atoms with van der Waals surface area (Å²) in [6, 6.07) is 11.7. The molecule has 1 amide bonds. The van der Waals surface area contributed by atoms with Crippen LogP contribution in [0.2, 0.25) is 5.02 Å². The van der Waals surface area contributed by atoms with Gasteiger partial charge in [0.2, 0.25) is 0 Å². The van der Waals surface area contributed by atoms with E-state index in [4.69, 9.17) is 16.3 Å². The monoisotopic (exact) mass is 388 g/mol. The normalized spacial score (nSPS) is 10.5. The summed E-state index contributed by atoms with van der Waals surface area (Å²) in [5.74, 6) is -1.35. The zero-order valence-corrected chi connectivity index (χ0v) is 14.9. The molecule has 3 rings (SSSR count). The Balaban J connectivity index is 1.83. The van der Waals surface area contributed by atoms with Crippen molar-refractivity contribution >= 4 is 40.1 Å². The molecule has 0 spiro atoms. The van der Waals surface area contributed by atoms with Crippen LogP contribution >= 0.6 is 11.6 Å². The zero-order chi connectivity index (χ0) is 19.4. The number of nitrogens with zero attached hydrogens (tertiary/aromatic N) is 1. The van der Waals surface area contributed by atoms with Crippen LogP contribution in [0.1, 0.15) is 10.5 Å². The summed E-state index contributed by atoms with van der Waals surface area (Å²) < 4.78 is 23.4. The molecule has 0 aliphatic rings. The van der Waals surface area contributed by atoms with Gasteiger partial charge in [-0.2, -0.15) is 0 Å². The summed E-state index contributed by atoms with van der Waals surface area (Å²) >= 11 is 6.02. The van der Waals surface area contributed by atoms with Gasteiger partial charge in [-0.05, 0) is 36.4 Å². The summed E-state index contributed by atoms with van der Waals surface area (Å²) in [7, 11) is 1.24. The molecule has 8 heteroatoms. The smallest absolute Gasteiger partial charge is 0.356 e. The number of fused-ring (bicyclic) bond motifs is 1. The van der Waals surface area contributed by atoms with Crippen LogP contribution in [0.3, 0.4) is 0 Å². The first kappa shape index (κ1) is 18.6. The van der Waals surface area contributed by atoms with Gasteiger partial charge in [0.1, 0.15) is 11.6 Å². The number of pyridine rings is 1. The summed E-state index contributed by atoms with van der Waals surface area (Å²) in [5, 5.41) is 3.51. The number of benzene rings is 2. The standard InChI is InChI=1S/C19H14ClFN2O4/c1-26-19(25)16-9-17(14-7-11(20)5-6-15(14)23-16)27-10-18(24)22-13-4-2-3-12(21)8-13/h2-9H,10H2,1H3,(H,22,24). The number of aromatic nitrogens is 1. The fourth-order valence-corrected chi connectivity index (χ4v) is 2.57. The number of hydrogen-bond donors (Lipinski definition) is 1. The predicted molar refractivity (Wildman–Crippen MR) is 98.6 cm³/mol. The number of amides is 1. The number of carbonyl (C=O) groups excluding carboxylic acids is 2. The molecule has 0 aliphatic heterocycles. The lowest BCUT2D eigenvalue weighted by atomic mass is 10.2. The minimum absolute atomic E-state index is 0.0351. The Morgan fingerprint density at radius 3 is 2.74 bits per heavy atom. The Kier molecular flexibility index (Phi) is 5.52. The van der Waals surface area contributed by atoms with Crippen molar-refractivity contribution in [3.8, 4) is 5.75 Å². The number of ether oxygens (including phenoxy) is 2. The van der Waals surface area contributed by atoms with E-state index in [0.717, 1.165) is 0 Å². The number of rotatable bonds is 5. The molecule has 0 bridgehead atoms. The minimum atomic E-state index is -0.638. The average molecular weight is 389 g/mol. The van der Waals surface area contributed by atoms with Crippen molar-refractivity contribution in [2.24, 2.45) is 0 Å². The Bertz CT molecular complexity index is 1030. The highest BCUT2D eigenvalue weighted by molar-refractivity contribution is 6.31. The maximum atomic E-state index is 13.2. The molecular formula is C19H14ClFN2O4. The first-order chi connectivity index (χ1) is 13.0. The van der Waals surface area contributed by atoms with Crippen LogP contribution in [-0.4, -0.2) is 30.6 Å². The Hall–Kier alpha value is -3.19. The van der Waals surface area contributed by atoms with Gasteiger partial charge in [-0.3, -0.25) is 4.79 Å². The minimum Gasteiger partial charge on any atom is -0.483 e. The molecule has 0 saturated carbocycles. The Morgan fingerprint density at radius 2 is 2.00 bits per heavy atom. The van der Waals surface area contributed by atoms with E-state index in [2.05, 4.69) is 15.0 Å². The van der Waals surface area contributed by atoms with E-state index in [0.29, 0.717) is 21.6 Å². The van der Waals surface area contributed by atoms with Crippen molar-refractivity contribution in [3.63, 3.8) is 0 Å². The third-order valence-corrected chi connectivity index (χ3v) is 3.83. The first-order valence-electron chi connectivity index (χ1n) is 7.83. The number of esters is 1. The van der Waals surface area contributed by atoms with E-state index < -0.39 is 17.7 Å². The number of halogens is 2. The van der Waals surface area contributed by atoms with Crippen molar-refractivity contribution in [1.82, 2.24) is 4.98 Å². The van der Waals surface area contributed by atoms with E-state index in [1.54, 1.807) is 24.3 Å². The van der Waals surface area contributed by atoms with Crippen molar-refractivity contribution in [2.75, 3.05) is 19.0 Å². The van der Waals surface area contributed by atoms with Crippen molar-refractivity contribution in [2.45, 2.75) is 0 Å². The second kappa shape index (κ2) is 8.01. The zero-order valence-electron chi connectivity index (χ0n) is 14.2. The lowest BCUT2D eigenvalue weighted by Crippen LogP contribution is -2.20. The molecule has 0 aliphatic carbocycles. The molecule has 1 aromatic heterocycles. The molecule has 3 aromatic rings. The van der Waals surface area contributed by atoms with Crippen LogP contribution in [0, 0.1) is 5.82 Å². The van der Waals surface area contributed by atoms with Gasteiger partial charge >= 0.3 is 5.97 Å². The Morgan fingerprint density at radius 1 is 1.19 bits per heavy atom. The quantitative estimate of drug-likeness (QED) is 0.672. The largest absolute Gasteiger partial charge is 0.483 e.